The average molecular weight is 254 g/mol. The first-order valence-corrected chi connectivity index (χ1v) is 4.77. The van der Waals surface area contributed by atoms with Crippen molar-refractivity contribution in [1.29, 1.82) is 0 Å². The second kappa shape index (κ2) is 5.89. The third-order valence-electron chi connectivity index (χ3n) is 2.31. The molecule has 0 radical (unpaired) electrons. The van der Waals surface area contributed by atoms with Crippen LogP contribution in [-0.4, -0.2) is 31.6 Å². The molecule has 0 amide bonds. The van der Waals surface area contributed by atoms with Gasteiger partial charge in [0.2, 0.25) is 0 Å². The molecule has 7 heteroatoms. The zero-order valence-corrected chi connectivity index (χ0v) is 9.67. The third kappa shape index (κ3) is 2.70. The minimum absolute atomic E-state index is 0. The highest BCUT2D eigenvalue weighted by atomic mass is 16.4. The molecular weight excluding hydrogens is 240 g/mol. The van der Waals surface area contributed by atoms with Crippen molar-refractivity contribution in [3.05, 3.63) is 40.3 Å². The molecule has 5 N–H and O–H groups in total. The average Bonchev–Trinajstić information content (AvgIpc) is 2.24. The van der Waals surface area contributed by atoms with Crippen molar-refractivity contribution >= 4 is 17.0 Å². The number of rotatable bonds is 2. The van der Waals surface area contributed by atoms with Gasteiger partial charge >= 0.3 is 5.97 Å². The third-order valence-corrected chi connectivity index (χ3v) is 2.31. The summed E-state index contributed by atoms with van der Waals surface area (Å²) >= 11 is 0. The van der Waals surface area contributed by atoms with E-state index in [9.17, 15) is 9.59 Å². The summed E-state index contributed by atoms with van der Waals surface area (Å²) in [6, 6.07) is 6.98. The zero-order valence-electron chi connectivity index (χ0n) is 9.67. The van der Waals surface area contributed by atoms with E-state index < -0.39 is 5.97 Å². The Morgan fingerprint density at radius 1 is 1.33 bits per heavy atom. The number of carboxylic acid groups (broad SMARTS) is 1. The first-order chi connectivity index (χ1) is 7.59. The molecule has 0 spiro atoms. The second-order valence-electron chi connectivity index (χ2n) is 3.47. The summed E-state index contributed by atoms with van der Waals surface area (Å²) < 4.78 is 1.22. The summed E-state index contributed by atoms with van der Waals surface area (Å²) in [5.74, 6) is -1.04. The molecule has 0 saturated carbocycles. The summed E-state index contributed by atoms with van der Waals surface area (Å²) in [6.07, 6.45) is 0. The quantitative estimate of drug-likeness (QED) is 0.745. The molecule has 0 atom stereocenters. The SMILES string of the molecule is Cc1nc2ccccc2n(CC(=O)O)c1=O.O.O. The number of fused-ring (bicyclic) bond motifs is 1. The minimum atomic E-state index is -1.04. The van der Waals surface area contributed by atoms with Crippen molar-refractivity contribution in [2.24, 2.45) is 0 Å². The fourth-order valence-corrected chi connectivity index (χ4v) is 1.61. The number of benzene rings is 1. The molecule has 1 heterocycles. The first kappa shape index (κ1) is 15.8. The molecule has 0 aliphatic heterocycles. The lowest BCUT2D eigenvalue weighted by Gasteiger charge is -2.07. The fraction of sp³-hybridized carbons (Fsp3) is 0.182. The van der Waals surface area contributed by atoms with Crippen LogP contribution in [-0.2, 0) is 11.3 Å². The van der Waals surface area contributed by atoms with E-state index in [0.29, 0.717) is 16.7 Å². The van der Waals surface area contributed by atoms with Crippen molar-refractivity contribution in [2.75, 3.05) is 0 Å². The lowest BCUT2D eigenvalue weighted by molar-refractivity contribution is -0.137. The van der Waals surface area contributed by atoms with E-state index in [2.05, 4.69) is 4.98 Å². The van der Waals surface area contributed by atoms with Crippen molar-refractivity contribution in [2.45, 2.75) is 13.5 Å². The van der Waals surface area contributed by atoms with Gasteiger partial charge in [-0.15, -0.1) is 0 Å². The van der Waals surface area contributed by atoms with Gasteiger partial charge in [0, 0.05) is 0 Å². The summed E-state index contributed by atoms with van der Waals surface area (Å²) in [5, 5.41) is 8.76. The largest absolute Gasteiger partial charge is 0.480 e. The molecule has 2 rings (SSSR count). The maximum Gasteiger partial charge on any atom is 0.323 e. The predicted octanol–water partition coefficient (Wildman–Crippen LogP) is -0.860. The fourth-order valence-electron chi connectivity index (χ4n) is 1.61. The topological polar surface area (TPSA) is 135 Å². The van der Waals surface area contributed by atoms with Gasteiger partial charge in [0.25, 0.3) is 5.56 Å². The van der Waals surface area contributed by atoms with Crippen LogP contribution < -0.4 is 5.56 Å². The standard InChI is InChI=1S/C11H10N2O3.2H2O/c1-7-11(16)13(6-10(14)15)9-5-3-2-4-8(9)12-7;;/h2-5H,6H2,1H3,(H,14,15);2*1H2. The first-order valence-electron chi connectivity index (χ1n) is 4.77. The van der Waals surface area contributed by atoms with Crippen LogP contribution >= 0.6 is 0 Å². The van der Waals surface area contributed by atoms with Crippen LogP contribution in [0.15, 0.2) is 29.1 Å². The Balaban J connectivity index is 0.00000144. The Hall–Kier alpha value is -2.25. The molecule has 0 aliphatic carbocycles. The number of aryl methyl sites for hydroxylation is 1. The maximum atomic E-state index is 11.8. The lowest BCUT2D eigenvalue weighted by Crippen LogP contribution is -2.27. The number of para-hydroxylation sites is 2. The highest BCUT2D eigenvalue weighted by molar-refractivity contribution is 5.77. The summed E-state index contributed by atoms with van der Waals surface area (Å²) in [7, 11) is 0. The van der Waals surface area contributed by atoms with E-state index in [1.54, 1.807) is 31.2 Å². The van der Waals surface area contributed by atoms with Crippen LogP contribution in [0.25, 0.3) is 11.0 Å². The smallest absolute Gasteiger partial charge is 0.323 e. The number of hydrogen-bond acceptors (Lipinski definition) is 3. The van der Waals surface area contributed by atoms with Gasteiger partial charge in [-0.05, 0) is 19.1 Å². The van der Waals surface area contributed by atoms with Crippen molar-refractivity contribution in [1.82, 2.24) is 9.55 Å². The molecule has 98 valence electrons. The predicted molar refractivity (Wildman–Crippen MR) is 65.6 cm³/mol. The van der Waals surface area contributed by atoms with E-state index in [-0.39, 0.29) is 23.1 Å². The highest BCUT2D eigenvalue weighted by Gasteiger charge is 2.09. The summed E-state index contributed by atoms with van der Waals surface area (Å²) in [4.78, 5) is 26.6. The molecule has 7 nitrogen and oxygen atoms in total. The molecule has 0 saturated heterocycles. The normalized spacial score (nSPS) is 9.39. The van der Waals surface area contributed by atoms with Gasteiger partial charge in [-0.1, -0.05) is 12.1 Å². The van der Waals surface area contributed by atoms with Crippen LogP contribution in [0.4, 0.5) is 0 Å². The Bertz CT molecular complexity index is 620. The Morgan fingerprint density at radius 3 is 2.56 bits per heavy atom. The van der Waals surface area contributed by atoms with Crippen molar-refractivity contribution in [3.8, 4) is 0 Å². The van der Waals surface area contributed by atoms with Gasteiger partial charge in [0.1, 0.15) is 12.2 Å². The number of nitrogens with zero attached hydrogens (tertiary/aromatic N) is 2. The number of hydrogen-bond donors (Lipinski definition) is 1. The molecule has 18 heavy (non-hydrogen) atoms. The van der Waals surface area contributed by atoms with Crippen molar-refractivity contribution < 1.29 is 20.9 Å². The molecule has 1 aromatic heterocycles. The Kier molecular flexibility index (Phi) is 5.16. The number of carboxylic acids is 1. The molecular formula is C11H14N2O5. The van der Waals surface area contributed by atoms with Crippen LogP contribution in [0, 0.1) is 6.92 Å². The monoisotopic (exact) mass is 254 g/mol. The van der Waals surface area contributed by atoms with Crippen LogP contribution in [0.3, 0.4) is 0 Å². The van der Waals surface area contributed by atoms with Gasteiger partial charge in [-0.3, -0.25) is 14.2 Å². The van der Waals surface area contributed by atoms with Gasteiger partial charge in [-0.2, -0.15) is 0 Å². The van der Waals surface area contributed by atoms with Gasteiger partial charge in [-0.25, -0.2) is 4.98 Å². The number of carbonyl (C=O) groups is 1. The van der Waals surface area contributed by atoms with E-state index in [1.807, 2.05) is 0 Å². The minimum Gasteiger partial charge on any atom is -0.480 e. The van der Waals surface area contributed by atoms with Crippen LogP contribution in [0.2, 0.25) is 0 Å². The maximum absolute atomic E-state index is 11.8. The van der Waals surface area contributed by atoms with Gasteiger partial charge in [0.15, 0.2) is 0 Å². The molecule has 2 aromatic rings. The van der Waals surface area contributed by atoms with E-state index in [0.717, 1.165) is 0 Å². The lowest BCUT2D eigenvalue weighted by atomic mass is 10.3. The van der Waals surface area contributed by atoms with Crippen LogP contribution in [0.5, 0.6) is 0 Å². The molecule has 0 aliphatic rings. The summed E-state index contributed by atoms with van der Waals surface area (Å²) in [5.41, 5.74) is 1.11. The number of aromatic nitrogens is 2. The molecule has 1 aromatic carbocycles. The Labute approximate surface area is 102 Å². The Morgan fingerprint density at radius 2 is 1.94 bits per heavy atom. The van der Waals surface area contributed by atoms with E-state index in [1.165, 1.54) is 4.57 Å². The zero-order chi connectivity index (χ0) is 11.7. The van der Waals surface area contributed by atoms with E-state index >= 15 is 0 Å². The molecule has 0 fully saturated rings. The highest BCUT2D eigenvalue weighted by Crippen LogP contribution is 2.09. The molecule has 0 bridgehead atoms. The van der Waals surface area contributed by atoms with Gasteiger partial charge in [0.05, 0.1) is 11.0 Å². The number of aliphatic carboxylic acids is 1. The van der Waals surface area contributed by atoms with Gasteiger partial charge < -0.3 is 16.1 Å². The summed E-state index contributed by atoms with van der Waals surface area (Å²) in [6.45, 7) is 1.23. The van der Waals surface area contributed by atoms with Crippen molar-refractivity contribution in [3.63, 3.8) is 0 Å². The molecule has 0 unspecified atom stereocenters. The van der Waals surface area contributed by atoms with Crippen LogP contribution in [0.1, 0.15) is 5.69 Å². The second-order valence-corrected chi connectivity index (χ2v) is 3.47. The van der Waals surface area contributed by atoms with E-state index in [4.69, 9.17) is 5.11 Å².